The minimum atomic E-state index is -0.536. The van der Waals surface area contributed by atoms with Crippen LogP contribution < -0.4 is 5.32 Å². The normalized spacial score (nSPS) is 12.6. The topological polar surface area (TPSA) is 150 Å². The second-order valence-corrected chi connectivity index (χ2v) is 40.2. The SMILES string of the molecule is CCCCCCCCC(CCCCCCCC)OC(=O)CCCCCCCN(CCCCCCCC(=O)OC(CCCCCCCC)CCCCCCCC(CCCCC)CCC(CCCCCCCC)OC(=O)CCCCCCCN(CCCCCCCC(=O)OC(CCCCCCCC)CCCCCCCC)Cc1ccccc1)CCNC(=O)OC(C)(C)C. The van der Waals surface area contributed by atoms with Crippen molar-refractivity contribution in [2.24, 2.45) is 5.92 Å². The first kappa shape index (κ1) is 120. The van der Waals surface area contributed by atoms with Crippen molar-refractivity contribution in [1.29, 1.82) is 0 Å². The number of nitrogens with zero attached hydrogens (tertiary/aromatic N) is 2. The lowest BCUT2D eigenvalue weighted by Crippen LogP contribution is -2.38. The standard InChI is InChI=1S/C113H213N3O10/c1-11-18-25-31-43-63-82-104(83-64-44-32-26-19-12-2)122-108(117)89-70-50-38-54-74-96-115(100-95-114-112(121)126-113(8,9)10)97-75-55-39-51-71-90-109(118)124-106(86-67-47-35-29-22-15-5)87-68-49-37-42-60-79-102(78-59-24-17-7)93-94-107(88-69-48-36-30-23-16-6)125-111(120)92-73-53-41-57-77-99-116(101-103-80-61-58-62-81-103)98-76-56-40-52-72-91-110(119)123-105(84-65-45-33-27-20-13-3)85-66-46-34-28-21-14-4/h58,61-62,80-81,102,104-107H,11-57,59-60,63-79,82-101H2,1-10H3,(H,114,121). The van der Waals surface area contributed by atoms with Crippen LogP contribution in [0.1, 0.15) is 582 Å². The maximum Gasteiger partial charge on any atom is 0.407 e. The largest absolute Gasteiger partial charge is 0.462 e. The van der Waals surface area contributed by atoms with Gasteiger partial charge in [0.2, 0.25) is 0 Å². The molecular formula is C113H213N3O10. The monoisotopic (exact) mass is 1770 g/mol. The predicted octanol–water partition coefficient (Wildman–Crippen LogP) is 34.5. The highest BCUT2D eigenvalue weighted by molar-refractivity contribution is 5.70. The van der Waals surface area contributed by atoms with Gasteiger partial charge < -0.3 is 33.9 Å². The summed E-state index contributed by atoms with van der Waals surface area (Å²) >= 11 is 0. The average molecular weight is 1770 g/mol. The van der Waals surface area contributed by atoms with Crippen LogP contribution in [-0.2, 0) is 49.4 Å². The number of unbranched alkanes of at least 4 members (excludes halogenated alkanes) is 52. The van der Waals surface area contributed by atoms with Crippen molar-refractivity contribution in [2.75, 3.05) is 39.3 Å². The van der Waals surface area contributed by atoms with Crippen molar-refractivity contribution in [3.63, 3.8) is 0 Å². The Morgan fingerprint density at radius 2 is 0.492 bits per heavy atom. The summed E-state index contributed by atoms with van der Waals surface area (Å²) in [5.74, 6) is 0.710. The van der Waals surface area contributed by atoms with Crippen LogP contribution in [0.15, 0.2) is 30.3 Å². The molecule has 1 N–H and O–H groups in total. The zero-order valence-electron chi connectivity index (χ0n) is 85.6. The van der Waals surface area contributed by atoms with Crippen molar-refractivity contribution >= 4 is 30.0 Å². The number of hydrogen-bond acceptors (Lipinski definition) is 12. The quantitative estimate of drug-likeness (QED) is 0.0376. The second-order valence-electron chi connectivity index (χ2n) is 40.2. The molecule has 3 unspecified atom stereocenters. The van der Waals surface area contributed by atoms with Crippen molar-refractivity contribution in [3.05, 3.63) is 35.9 Å². The van der Waals surface area contributed by atoms with E-state index in [2.05, 4.69) is 93.9 Å². The van der Waals surface area contributed by atoms with Crippen LogP contribution in [0.4, 0.5) is 4.79 Å². The fraction of sp³-hybridized carbons (Fsp3) is 0.903. The zero-order chi connectivity index (χ0) is 91.6. The van der Waals surface area contributed by atoms with Crippen LogP contribution in [0.2, 0.25) is 0 Å². The number of benzene rings is 1. The number of rotatable bonds is 98. The molecule has 1 amide bonds. The third kappa shape index (κ3) is 83.4. The Morgan fingerprint density at radius 1 is 0.262 bits per heavy atom. The van der Waals surface area contributed by atoms with Gasteiger partial charge >= 0.3 is 30.0 Å². The summed E-state index contributed by atoms with van der Waals surface area (Å²) in [6.45, 7) is 28.1. The van der Waals surface area contributed by atoms with E-state index in [0.29, 0.717) is 38.1 Å². The minimum absolute atomic E-state index is 0.00391. The number of carbonyl (C=O) groups excluding carboxylic acids is 5. The maximum atomic E-state index is 13.7. The number of esters is 4. The van der Waals surface area contributed by atoms with Gasteiger partial charge in [-0.05, 0) is 213 Å². The molecule has 1 aromatic rings. The molecule has 0 aromatic heterocycles. The highest BCUT2D eigenvalue weighted by Crippen LogP contribution is 2.29. The summed E-state index contributed by atoms with van der Waals surface area (Å²) in [5.41, 5.74) is 0.844. The first-order chi connectivity index (χ1) is 61.6. The smallest absolute Gasteiger partial charge is 0.407 e. The Bertz CT molecular complexity index is 2460. The van der Waals surface area contributed by atoms with Gasteiger partial charge in [0.1, 0.15) is 30.0 Å². The van der Waals surface area contributed by atoms with Gasteiger partial charge in [-0.1, -0.05) is 406 Å². The highest BCUT2D eigenvalue weighted by Gasteiger charge is 2.23. The second kappa shape index (κ2) is 91.8. The van der Waals surface area contributed by atoms with E-state index >= 15 is 0 Å². The zero-order valence-corrected chi connectivity index (χ0v) is 85.6. The van der Waals surface area contributed by atoms with E-state index in [0.717, 1.165) is 225 Å². The Kier molecular flexibility index (Phi) is 87.6. The summed E-state index contributed by atoms with van der Waals surface area (Å²) in [7, 11) is 0. The van der Waals surface area contributed by atoms with Crippen LogP contribution in [0.25, 0.3) is 0 Å². The lowest BCUT2D eigenvalue weighted by molar-refractivity contribution is -0.151. The van der Waals surface area contributed by atoms with E-state index in [1.165, 1.54) is 301 Å². The van der Waals surface area contributed by atoms with Crippen molar-refractivity contribution in [3.8, 4) is 0 Å². The van der Waals surface area contributed by atoms with Crippen molar-refractivity contribution in [1.82, 2.24) is 15.1 Å². The molecule has 0 radical (unpaired) electrons. The Labute approximate surface area is 782 Å². The molecule has 0 saturated heterocycles. The third-order valence-corrected chi connectivity index (χ3v) is 26.5. The Morgan fingerprint density at radius 3 is 0.778 bits per heavy atom. The predicted molar refractivity (Wildman–Crippen MR) is 540 cm³/mol. The maximum absolute atomic E-state index is 13.7. The van der Waals surface area contributed by atoms with Crippen LogP contribution in [-0.4, -0.2) is 109 Å². The number of alkyl carbamates (subject to hydrolysis) is 1. The molecule has 0 spiro atoms. The fourth-order valence-electron chi connectivity index (χ4n) is 18.4. The van der Waals surface area contributed by atoms with Gasteiger partial charge in [0.05, 0.1) is 0 Å². The van der Waals surface area contributed by atoms with Crippen molar-refractivity contribution < 1.29 is 47.7 Å². The van der Waals surface area contributed by atoms with E-state index in [1.54, 1.807) is 0 Å². The van der Waals surface area contributed by atoms with Crippen LogP contribution in [0, 0.1) is 5.92 Å². The number of carbonyl (C=O) groups is 5. The molecule has 13 nitrogen and oxygen atoms in total. The minimum Gasteiger partial charge on any atom is -0.462 e. The average Bonchev–Trinajstić information content (AvgIpc) is 0.961. The molecular weight excluding hydrogens is 1560 g/mol. The van der Waals surface area contributed by atoms with Gasteiger partial charge in [0.15, 0.2) is 0 Å². The fourth-order valence-corrected chi connectivity index (χ4v) is 18.4. The Hall–Kier alpha value is -3.71. The number of amides is 1. The number of hydrogen-bond donors (Lipinski definition) is 1. The van der Waals surface area contributed by atoms with Gasteiger partial charge in [0.25, 0.3) is 0 Å². The summed E-state index contributed by atoms with van der Waals surface area (Å²) in [6.07, 6.45) is 90.5. The molecule has 13 heteroatoms. The van der Waals surface area contributed by atoms with Crippen molar-refractivity contribution in [2.45, 2.75) is 613 Å². The molecule has 0 bridgehead atoms. The Balaban J connectivity index is 2.71. The molecule has 1 aromatic carbocycles. The number of ether oxygens (including phenoxy) is 5. The molecule has 0 aliphatic carbocycles. The molecule has 126 heavy (non-hydrogen) atoms. The van der Waals surface area contributed by atoms with Crippen LogP contribution in [0.5, 0.6) is 0 Å². The van der Waals surface area contributed by atoms with E-state index in [9.17, 15) is 24.0 Å². The van der Waals surface area contributed by atoms with E-state index < -0.39 is 5.60 Å². The molecule has 1 rings (SSSR count). The van der Waals surface area contributed by atoms with E-state index in [4.69, 9.17) is 23.7 Å². The van der Waals surface area contributed by atoms with Gasteiger partial charge in [-0.3, -0.25) is 24.1 Å². The summed E-state index contributed by atoms with van der Waals surface area (Å²) in [4.78, 5) is 71.1. The summed E-state index contributed by atoms with van der Waals surface area (Å²) in [6, 6.07) is 11.0. The van der Waals surface area contributed by atoms with E-state index in [1.807, 2.05) is 20.8 Å². The lowest BCUT2D eigenvalue weighted by atomic mass is 9.89. The summed E-state index contributed by atoms with van der Waals surface area (Å²) < 4.78 is 30.7. The van der Waals surface area contributed by atoms with Crippen LogP contribution >= 0.6 is 0 Å². The van der Waals surface area contributed by atoms with Gasteiger partial charge in [-0.25, -0.2) is 4.79 Å². The van der Waals surface area contributed by atoms with Gasteiger partial charge in [-0.15, -0.1) is 0 Å². The molecule has 0 fully saturated rings. The lowest BCUT2D eigenvalue weighted by Gasteiger charge is -2.24. The molecule has 0 aliphatic heterocycles. The molecule has 3 atom stereocenters. The third-order valence-electron chi connectivity index (χ3n) is 26.5. The molecule has 0 aliphatic rings. The van der Waals surface area contributed by atoms with Crippen LogP contribution in [0.3, 0.4) is 0 Å². The number of nitrogens with one attached hydrogen (secondary N) is 1. The first-order valence-corrected chi connectivity index (χ1v) is 55.8. The highest BCUT2D eigenvalue weighted by atomic mass is 16.6. The molecule has 740 valence electrons. The molecule has 0 saturated carbocycles. The van der Waals surface area contributed by atoms with E-state index in [-0.39, 0.29) is 54.4 Å². The van der Waals surface area contributed by atoms with Gasteiger partial charge in [0, 0.05) is 45.3 Å². The van der Waals surface area contributed by atoms with Gasteiger partial charge in [-0.2, -0.15) is 0 Å². The summed E-state index contributed by atoms with van der Waals surface area (Å²) in [5, 5.41) is 2.99. The molecule has 0 heterocycles. The first-order valence-electron chi connectivity index (χ1n) is 55.8.